The van der Waals surface area contributed by atoms with Gasteiger partial charge in [-0.2, -0.15) is 0 Å². The van der Waals surface area contributed by atoms with E-state index in [1.54, 1.807) is 0 Å². The van der Waals surface area contributed by atoms with E-state index in [0.717, 1.165) is 25.7 Å². The van der Waals surface area contributed by atoms with Crippen molar-refractivity contribution >= 4 is 0 Å². The van der Waals surface area contributed by atoms with Crippen molar-refractivity contribution in [1.29, 1.82) is 0 Å². The predicted molar refractivity (Wildman–Crippen MR) is 97.3 cm³/mol. The van der Waals surface area contributed by atoms with Crippen LogP contribution in [-0.2, 0) is 21.7 Å². The second-order valence-electron chi connectivity index (χ2n) is 7.55. The van der Waals surface area contributed by atoms with Gasteiger partial charge in [-0.1, -0.05) is 81.1 Å². The quantitative estimate of drug-likeness (QED) is 0.582. The van der Waals surface area contributed by atoms with E-state index in [4.69, 9.17) is 0 Å². The second-order valence-corrected chi connectivity index (χ2v) is 7.55. The zero-order valence-electron chi connectivity index (χ0n) is 18.1. The van der Waals surface area contributed by atoms with Crippen molar-refractivity contribution in [3.63, 3.8) is 0 Å². The van der Waals surface area contributed by atoms with Crippen molar-refractivity contribution in [3.05, 3.63) is 0 Å². The van der Waals surface area contributed by atoms with E-state index in [0.29, 0.717) is 23.7 Å². The first kappa shape index (κ1) is 36.5. The van der Waals surface area contributed by atoms with E-state index in [9.17, 15) is 20.4 Å². The summed E-state index contributed by atoms with van der Waals surface area (Å²) in [5.74, 6) is 2.34. The van der Waals surface area contributed by atoms with Gasteiger partial charge < -0.3 is 20.4 Å². The molecule has 5 heteroatoms. The molecule has 0 atom stereocenters. The van der Waals surface area contributed by atoms with E-state index in [1.807, 2.05) is 0 Å². The number of rotatable bonds is 8. The molecule has 0 aromatic carbocycles. The first-order chi connectivity index (χ1) is 11.1. The van der Waals surface area contributed by atoms with Crippen LogP contribution in [0.4, 0.5) is 0 Å². The molecule has 0 aromatic rings. The molecule has 0 aromatic heterocycles. The molecular weight excluding hydrogens is 352 g/mol. The van der Waals surface area contributed by atoms with Crippen LogP contribution >= 0.6 is 0 Å². The van der Waals surface area contributed by atoms with Gasteiger partial charge in [0.2, 0.25) is 0 Å². The van der Waals surface area contributed by atoms with E-state index >= 15 is 0 Å². The molecule has 0 aliphatic heterocycles. The van der Waals surface area contributed by atoms with Crippen LogP contribution in [0.3, 0.4) is 0 Å². The third-order valence-corrected chi connectivity index (χ3v) is 2.78. The topological polar surface area (TPSA) is 92.2 Å². The third kappa shape index (κ3) is 79.3. The maximum Gasteiger partial charge on any atom is 4.00 e. The summed E-state index contributed by atoms with van der Waals surface area (Å²) in [4.78, 5) is 0. The molecule has 4 nitrogen and oxygen atoms in total. The average molecular weight is 396 g/mol. The fourth-order valence-electron chi connectivity index (χ4n) is 0.943. The minimum absolute atomic E-state index is 0. The zero-order chi connectivity index (χ0) is 20.0. The standard InChI is InChI=1S/4C5H11O.Ti/c4*1-5(2)3-4-6;/h4*5H,3-4H2,1-2H3;/q4*-1;+4. The molecule has 152 valence electrons. The van der Waals surface area contributed by atoms with Gasteiger partial charge in [0.15, 0.2) is 0 Å². The van der Waals surface area contributed by atoms with Crippen molar-refractivity contribution in [2.45, 2.75) is 81.1 Å². The summed E-state index contributed by atoms with van der Waals surface area (Å²) < 4.78 is 0. The maximum atomic E-state index is 9.74. The monoisotopic (exact) mass is 396 g/mol. The molecule has 0 saturated carbocycles. The fourth-order valence-corrected chi connectivity index (χ4v) is 0.943. The Hall–Kier alpha value is 0.554. The van der Waals surface area contributed by atoms with Crippen molar-refractivity contribution in [3.8, 4) is 0 Å². The predicted octanol–water partition coefficient (Wildman–Crippen LogP) is 1.57. The van der Waals surface area contributed by atoms with Crippen molar-refractivity contribution < 1.29 is 42.1 Å². The first-order valence-electron chi connectivity index (χ1n) is 9.41. The van der Waals surface area contributed by atoms with E-state index in [1.165, 1.54) is 0 Å². The molecule has 0 aliphatic carbocycles. The molecule has 0 radical (unpaired) electrons. The van der Waals surface area contributed by atoms with Gasteiger partial charge in [-0.25, -0.2) is 0 Å². The van der Waals surface area contributed by atoms with Crippen LogP contribution in [0.5, 0.6) is 0 Å². The number of hydrogen-bond acceptors (Lipinski definition) is 4. The fraction of sp³-hybridized carbons (Fsp3) is 1.00. The SMILES string of the molecule is CC(C)CC[O-].CC(C)CC[O-].CC(C)CC[O-].CC(C)CC[O-].[Ti+4]. The molecule has 0 rings (SSSR count). The second kappa shape index (κ2) is 32.2. The van der Waals surface area contributed by atoms with Gasteiger partial charge in [-0.15, -0.1) is 26.4 Å². The van der Waals surface area contributed by atoms with Crippen molar-refractivity contribution in [1.82, 2.24) is 0 Å². The van der Waals surface area contributed by atoms with Crippen molar-refractivity contribution in [2.24, 2.45) is 23.7 Å². The molecule has 0 saturated heterocycles. The van der Waals surface area contributed by atoms with Gasteiger partial charge >= 0.3 is 21.7 Å². The van der Waals surface area contributed by atoms with E-state index in [-0.39, 0.29) is 48.1 Å². The molecule has 0 heterocycles. The third-order valence-electron chi connectivity index (χ3n) is 2.78. The van der Waals surface area contributed by atoms with E-state index < -0.39 is 0 Å². The molecule has 0 bridgehead atoms. The Morgan fingerprint density at radius 1 is 0.400 bits per heavy atom. The number of hydrogen-bond donors (Lipinski definition) is 0. The minimum Gasteiger partial charge on any atom is -0.854 e. The Kier molecular flexibility index (Phi) is 47.0. The first-order valence-corrected chi connectivity index (χ1v) is 9.41. The molecule has 0 unspecified atom stereocenters. The van der Waals surface area contributed by atoms with Crippen molar-refractivity contribution in [2.75, 3.05) is 26.4 Å². The summed E-state index contributed by atoms with van der Waals surface area (Å²) in [6.45, 7) is 16.8. The summed E-state index contributed by atoms with van der Waals surface area (Å²) in [5.41, 5.74) is 0. The average Bonchev–Trinajstić information content (AvgIpc) is 2.39. The molecule has 0 spiro atoms. The summed E-state index contributed by atoms with van der Waals surface area (Å²) in [6, 6.07) is 0. The van der Waals surface area contributed by atoms with Crippen LogP contribution < -0.4 is 20.4 Å². The molecular formula is C20H44O4Ti. The van der Waals surface area contributed by atoms with Crippen LogP contribution in [0, 0.1) is 23.7 Å². The van der Waals surface area contributed by atoms with Crippen LogP contribution in [0.25, 0.3) is 0 Å². The molecule has 0 N–H and O–H groups in total. The normalized spacial score (nSPS) is 9.60. The molecule has 0 aliphatic rings. The molecule has 25 heavy (non-hydrogen) atoms. The van der Waals surface area contributed by atoms with Gasteiger partial charge in [0, 0.05) is 0 Å². The van der Waals surface area contributed by atoms with Crippen LogP contribution in [-0.4, -0.2) is 26.4 Å². The van der Waals surface area contributed by atoms with Crippen LogP contribution in [0.1, 0.15) is 81.1 Å². The largest absolute Gasteiger partial charge is 4.00 e. The van der Waals surface area contributed by atoms with Gasteiger partial charge in [-0.05, 0) is 23.7 Å². The maximum absolute atomic E-state index is 9.74. The van der Waals surface area contributed by atoms with Gasteiger partial charge in [0.1, 0.15) is 0 Å². The Labute approximate surface area is 173 Å². The zero-order valence-corrected chi connectivity index (χ0v) is 19.7. The Morgan fingerprint density at radius 3 is 0.520 bits per heavy atom. The van der Waals surface area contributed by atoms with Gasteiger partial charge in [-0.3, -0.25) is 0 Å². The molecule has 0 amide bonds. The Morgan fingerprint density at radius 2 is 0.520 bits per heavy atom. The van der Waals surface area contributed by atoms with Crippen LogP contribution in [0.15, 0.2) is 0 Å². The summed E-state index contributed by atoms with van der Waals surface area (Å²) >= 11 is 0. The minimum atomic E-state index is 0. The van der Waals surface area contributed by atoms with E-state index in [2.05, 4.69) is 55.4 Å². The molecule has 0 fully saturated rings. The summed E-state index contributed by atoms with van der Waals surface area (Å²) in [6.07, 6.45) is 3.28. The summed E-state index contributed by atoms with van der Waals surface area (Å²) in [5, 5.41) is 39.0. The van der Waals surface area contributed by atoms with Gasteiger partial charge in [0.05, 0.1) is 0 Å². The Bertz CT molecular complexity index is 147. The smallest absolute Gasteiger partial charge is 0.854 e. The summed E-state index contributed by atoms with van der Waals surface area (Å²) in [7, 11) is 0. The van der Waals surface area contributed by atoms with Gasteiger partial charge in [0.25, 0.3) is 0 Å². The Balaban J connectivity index is -0.0000000702. The van der Waals surface area contributed by atoms with Crippen LogP contribution in [0.2, 0.25) is 0 Å².